The van der Waals surface area contributed by atoms with Gasteiger partial charge in [-0.05, 0) is 31.2 Å². The monoisotopic (exact) mass is 399 g/mol. The summed E-state index contributed by atoms with van der Waals surface area (Å²) < 4.78 is 77.3. The van der Waals surface area contributed by atoms with Crippen molar-refractivity contribution in [2.45, 2.75) is 18.0 Å². The summed E-state index contributed by atoms with van der Waals surface area (Å²) in [5.74, 6) is -1.08. The van der Waals surface area contributed by atoms with Crippen LogP contribution in [0.4, 0.5) is 17.6 Å². The fourth-order valence-electron chi connectivity index (χ4n) is 2.47. The van der Waals surface area contributed by atoms with Gasteiger partial charge in [0.05, 0.1) is 10.6 Å². The number of rotatable bonds is 3. The van der Waals surface area contributed by atoms with Crippen molar-refractivity contribution in [2.75, 3.05) is 0 Å². The molecule has 0 spiro atoms. The van der Waals surface area contributed by atoms with E-state index in [1.807, 2.05) is 6.92 Å². The number of primary sulfonamides is 1. The summed E-state index contributed by atoms with van der Waals surface area (Å²) in [5, 5.41) is 8.42. The number of nitrogens with two attached hydrogens (primary N) is 1. The minimum Gasteiger partial charge on any atom is -0.230 e. The third kappa shape index (κ3) is 3.86. The second-order valence-corrected chi connectivity index (χ2v) is 7.41. The van der Waals surface area contributed by atoms with Crippen LogP contribution in [0.2, 0.25) is 0 Å². The lowest BCUT2D eigenvalue weighted by Gasteiger charge is -2.10. The molecule has 5 nitrogen and oxygen atoms in total. The number of aromatic nitrogens is 2. The number of hydrogen-bond donors (Lipinski definition) is 1. The molecule has 0 saturated heterocycles. The first kappa shape index (κ1) is 19.1. The Morgan fingerprint density at radius 1 is 1.04 bits per heavy atom. The van der Waals surface area contributed by atoms with E-state index in [1.165, 1.54) is 0 Å². The number of benzene rings is 2. The molecule has 0 atom stereocenters. The van der Waals surface area contributed by atoms with Gasteiger partial charge in [-0.15, -0.1) is 0 Å². The first-order valence-electron chi connectivity index (χ1n) is 7.54. The highest BCUT2D eigenvalue weighted by atomic mass is 32.2. The largest absolute Gasteiger partial charge is 0.435 e. The zero-order chi connectivity index (χ0) is 20.0. The molecule has 0 saturated carbocycles. The zero-order valence-electron chi connectivity index (χ0n) is 13.8. The third-order valence-corrected chi connectivity index (χ3v) is 4.73. The average Bonchev–Trinajstić information content (AvgIpc) is 3.00. The predicted molar refractivity (Wildman–Crippen MR) is 90.1 cm³/mol. The smallest absolute Gasteiger partial charge is 0.230 e. The Bertz CT molecular complexity index is 1100. The van der Waals surface area contributed by atoms with Gasteiger partial charge in [-0.2, -0.15) is 18.3 Å². The van der Waals surface area contributed by atoms with Crippen LogP contribution in [0.3, 0.4) is 0 Å². The Morgan fingerprint density at radius 3 is 2.19 bits per heavy atom. The lowest BCUT2D eigenvalue weighted by Crippen LogP contribution is -2.13. The van der Waals surface area contributed by atoms with E-state index in [1.54, 1.807) is 24.3 Å². The van der Waals surface area contributed by atoms with Crippen LogP contribution in [0.15, 0.2) is 53.4 Å². The molecule has 10 heteroatoms. The molecule has 142 valence electrons. The first-order chi connectivity index (χ1) is 12.5. The molecular formula is C17H13F4N3O2S. The molecule has 0 aliphatic carbocycles. The molecule has 3 aromatic rings. The second-order valence-electron chi connectivity index (χ2n) is 5.85. The van der Waals surface area contributed by atoms with Crippen molar-refractivity contribution in [3.05, 3.63) is 65.6 Å². The van der Waals surface area contributed by atoms with Gasteiger partial charge in [0, 0.05) is 5.56 Å². The second kappa shape index (κ2) is 6.46. The van der Waals surface area contributed by atoms with Crippen molar-refractivity contribution < 1.29 is 26.0 Å². The van der Waals surface area contributed by atoms with Gasteiger partial charge in [-0.3, -0.25) is 0 Å². The Morgan fingerprint density at radius 2 is 1.67 bits per heavy atom. The Kier molecular flexibility index (Phi) is 4.56. The summed E-state index contributed by atoms with van der Waals surface area (Å²) in [7, 11) is -4.16. The molecule has 2 aromatic carbocycles. The Hall–Kier alpha value is -2.72. The number of nitrogens with zero attached hydrogens (tertiary/aromatic N) is 2. The predicted octanol–water partition coefficient (Wildman–Crippen LogP) is 3.65. The molecule has 27 heavy (non-hydrogen) atoms. The highest BCUT2D eigenvalue weighted by molar-refractivity contribution is 7.89. The maximum absolute atomic E-state index is 14.5. The summed E-state index contributed by atoms with van der Waals surface area (Å²) in [5.41, 5.74) is -0.255. The number of aryl methyl sites for hydroxylation is 1. The highest BCUT2D eigenvalue weighted by Gasteiger charge is 2.35. The molecule has 1 heterocycles. The van der Waals surface area contributed by atoms with Gasteiger partial charge in [0.15, 0.2) is 5.69 Å². The van der Waals surface area contributed by atoms with Crippen LogP contribution in [0.1, 0.15) is 11.3 Å². The Balaban J connectivity index is 2.23. The summed E-state index contributed by atoms with van der Waals surface area (Å²) in [6.07, 6.45) is -4.73. The van der Waals surface area contributed by atoms with Crippen LogP contribution in [-0.2, 0) is 16.2 Å². The normalized spacial score (nSPS) is 12.4. The fourth-order valence-corrected chi connectivity index (χ4v) is 3.00. The lowest BCUT2D eigenvalue weighted by atomic mass is 10.1. The molecule has 3 rings (SSSR count). The van der Waals surface area contributed by atoms with E-state index in [4.69, 9.17) is 5.14 Å². The highest BCUT2D eigenvalue weighted by Crippen LogP contribution is 2.34. The summed E-state index contributed by atoms with van der Waals surface area (Å²) in [6.45, 7) is 1.81. The molecular weight excluding hydrogens is 386 g/mol. The summed E-state index contributed by atoms with van der Waals surface area (Å²) in [6, 6.07) is 10.0. The SMILES string of the molecule is Cc1ccc(-c2cc(C(F)(F)F)nn2-c2ccc(S(N)(=O)=O)cc2F)cc1. The van der Waals surface area contributed by atoms with E-state index >= 15 is 0 Å². The zero-order valence-corrected chi connectivity index (χ0v) is 14.6. The van der Waals surface area contributed by atoms with Gasteiger partial charge in [-0.1, -0.05) is 29.8 Å². The Labute approximate surface area is 152 Å². The lowest BCUT2D eigenvalue weighted by molar-refractivity contribution is -0.141. The minimum atomic E-state index is -4.73. The van der Waals surface area contributed by atoms with Crippen molar-refractivity contribution in [2.24, 2.45) is 5.14 Å². The van der Waals surface area contributed by atoms with Crippen LogP contribution in [0.5, 0.6) is 0 Å². The number of alkyl halides is 3. The number of halogens is 4. The topological polar surface area (TPSA) is 78.0 Å². The molecule has 1 aromatic heterocycles. The summed E-state index contributed by atoms with van der Waals surface area (Å²) in [4.78, 5) is -0.496. The average molecular weight is 399 g/mol. The molecule has 0 amide bonds. The van der Waals surface area contributed by atoms with Crippen LogP contribution in [-0.4, -0.2) is 18.2 Å². The first-order valence-corrected chi connectivity index (χ1v) is 9.08. The summed E-state index contributed by atoms with van der Waals surface area (Å²) >= 11 is 0. The standard InChI is InChI=1S/C17H13F4N3O2S/c1-10-2-4-11(5-3-10)15-9-16(17(19,20)21)23-24(15)14-7-6-12(8-13(14)18)27(22,25)26/h2-9H,1H3,(H2,22,25,26). The van der Waals surface area contributed by atoms with E-state index in [-0.39, 0.29) is 11.4 Å². The number of hydrogen-bond acceptors (Lipinski definition) is 3. The number of sulfonamides is 1. The van der Waals surface area contributed by atoms with Crippen LogP contribution >= 0.6 is 0 Å². The van der Waals surface area contributed by atoms with E-state index in [9.17, 15) is 26.0 Å². The minimum absolute atomic E-state index is 0.00424. The molecule has 0 radical (unpaired) electrons. The van der Waals surface area contributed by atoms with Crippen molar-refractivity contribution in [1.82, 2.24) is 9.78 Å². The molecule has 2 N–H and O–H groups in total. The maximum atomic E-state index is 14.5. The van der Waals surface area contributed by atoms with Gasteiger partial charge in [-0.25, -0.2) is 22.6 Å². The van der Waals surface area contributed by atoms with Gasteiger partial charge in [0.1, 0.15) is 11.5 Å². The molecule has 0 aliphatic heterocycles. The van der Waals surface area contributed by atoms with Gasteiger partial charge in [0.2, 0.25) is 10.0 Å². The van der Waals surface area contributed by atoms with Crippen molar-refractivity contribution in [1.29, 1.82) is 0 Å². The third-order valence-electron chi connectivity index (χ3n) is 3.82. The van der Waals surface area contributed by atoms with E-state index < -0.39 is 32.6 Å². The molecule has 0 aliphatic rings. The van der Waals surface area contributed by atoms with Crippen molar-refractivity contribution in [3.63, 3.8) is 0 Å². The van der Waals surface area contributed by atoms with Gasteiger partial charge in [0.25, 0.3) is 0 Å². The van der Waals surface area contributed by atoms with Crippen LogP contribution in [0, 0.1) is 12.7 Å². The fraction of sp³-hybridized carbons (Fsp3) is 0.118. The van der Waals surface area contributed by atoms with E-state index in [0.717, 1.165) is 28.4 Å². The van der Waals surface area contributed by atoms with Crippen molar-refractivity contribution >= 4 is 10.0 Å². The molecule has 0 unspecified atom stereocenters. The van der Waals surface area contributed by atoms with Crippen LogP contribution < -0.4 is 5.14 Å². The van der Waals surface area contributed by atoms with Crippen molar-refractivity contribution in [3.8, 4) is 16.9 Å². The van der Waals surface area contributed by atoms with Crippen LogP contribution in [0.25, 0.3) is 16.9 Å². The van der Waals surface area contributed by atoms with E-state index in [2.05, 4.69) is 5.10 Å². The maximum Gasteiger partial charge on any atom is 0.435 e. The molecule has 0 fully saturated rings. The van der Waals surface area contributed by atoms with Gasteiger partial charge < -0.3 is 0 Å². The quantitative estimate of drug-likeness (QED) is 0.683. The van der Waals surface area contributed by atoms with E-state index in [0.29, 0.717) is 11.6 Å². The van der Waals surface area contributed by atoms with Gasteiger partial charge >= 0.3 is 6.18 Å². The molecule has 0 bridgehead atoms.